The zero-order valence-corrected chi connectivity index (χ0v) is 15.7. The van der Waals surface area contributed by atoms with Gasteiger partial charge in [0.15, 0.2) is 0 Å². The minimum absolute atomic E-state index is 0.283. The van der Waals surface area contributed by atoms with Gasteiger partial charge in [0.1, 0.15) is 17.6 Å². The molecule has 140 valence electrons. The lowest BCUT2D eigenvalue weighted by Crippen LogP contribution is -2.24. The fraction of sp³-hybridized carbons (Fsp3) is 0.286. The van der Waals surface area contributed by atoms with Crippen molar-refractivity contribution < 1.29 is 0 Å². The van der Waals surface area contributed by atoms with Crippen LogP contribution >= 0.6 is 0 Å². The highest BCUT2D eigenvalue weighted by Crippen LogP contribution is 2.32. The number of aromatic nitrogens is 4. The molecule has 1 saturated heterocycles. The molecule has 1 unspecified atom stereocenters. The first-order chi connectivity index (χ1) is 13.7. The Hall–Kier alpha value is -3.37. The number of pyridine rings is 2. The van der Waals surface area contributed by atoms with E-state index >= 15 is 0 Å². The van der Waals surface area contributed by atoms with Crippen LogP contribution in [0.5, 0.6) is 0 Å². The zero-order valence-electron chi connectivity index (χ0n) is 15.7. The molecule has 4 heterocycles. The number of hydrogen-bond acceptors (Lipinski definition) is 7. The van der Waals surface area contributed by atoms with Gasteiger partial charge in [-0.15, -0.1) is 0 Å². The summed E-state index contributed by atoms with van der Waals surface area (Å²) >= 11 is 0. The first-order valence-corrected chi connectivity index (χ1v) is 9.31. The molecule has 7 heteroatoms. The van der Waals surface area contributed by atoms with Crippen molar-refractivity contribution >= 4 is 11.5 Å². The molecule has 0 amide bonds. The standard InChI is InChI=1S/C21H21N7/c1-15-10-23-7-6-16(15)14-28-8-2-3-20(28)19-12-26-21(13-25-19)27-18-5-4-17(9-22)24-11-18/h4-7,10-13,20H,2-3,8,14H2,1H3,(H,26,27). The SMILES string of the molecule is Cc1cnccc1CN1CCCC1c1cnc(Nc2ccc(C#N)nc2)cn1. The van der Waals surface area contributed by atoms with Crippen LogP contribution in [0.15, 0.2) is 49.2 Å². The number of hydrogen-bond donors (Lipinski definition) is 1. The number of rotatable bonds is 5. The van der Waals surface area contributed by atoms with Gasteiger partial charge in [0, 0.05) is 18.9 Å². The van der Waals surface area contributed by atoms with Crippen molar-refractivity contribution in [3.05, 3.63) is 71.7 Å². The van der Waals surface area contributed by atoms with Gasteiger partial charge in [-0.05, 0) is 55.6 Å². The second kappa shape index (κ2) is 8.11. The van der Waals surface area contributed by atoms with Crippen molar-refractivity contribution in [3.8, 4) is 6.07 Å². The van der Waals surface area contributed by atoms with Gasteiger partial charge >= 0.3 is 0 Å². The minimum Gasteiger partial charge on any atom is -0.338 e. The Balaban J connectivity index is 1.45. The summed E-state index contributed by atoms with van der Waals surface area (Å²) in [6.45, 7) is 4.06. The molecule has 3 aromatic heterocycles. The van der Waals surface area contributed by atoms with Crippen LogP contribution in [0, 0.1) is 18.3 Å². The van der Waals surface area contributed by atoms with E-state index in [4.69, 9.17) is 5.26 Å². The predicted octanol–water partition coefficient (Wildman–Crippen LogP) is 3.53. The summed E-state index contributed by atoms with van der Waals surface area (Å²) in [6, 6.07) is 7.85. The van der Waals surface area contributed by atoms with Gasteiger partial charge in [-0.2, -0.15) is 5.26 Å². The molecule has 0 radical (unpaired) electrons. The highest BCUT2D eigenvalue weighted by Gasteiger charge is 2.27. The average Bonchev–Trinajstić information content (AvgIpc) is 3.19. The Bertz CT molecular complexity index is 977. The molecule has 1 aliphatic heterocycles. The molecule has 1 atom stereocenters. The third kappa shape index (κ3) is 3.97. The van der Waals surface area contributed by atoms with Crippen LogP contribution in [0.1, 0.15) is 41.4 Å². The van der Waals surface area contributed by atoms with E-state index in [-0.39, 0.29) is 6.04 Å². The quantitative estimate of drug-likeness (QED) is 0.733. The smallest absolute Gasteiger partial charge is 0.148 e. The van der Waals surface area contributed by atoms with Crippen LogP contribution in [0.2, 0.25) is 0 Å². The molecule has 1 aliphatic rings. The second-order valence-corrected chi connectivity index (χ2v) is 6.93. The van der Waals surface area contributed by atoms with Crippen LogP contribution in [-0.2, 0) is 6.54 Å². The topological polar surface area (TPSA) is 90.6 Å². The number of nitriles is 1. The maximum atomic E-state index is 8.82. The van der Waals surface area contributed by atoms with E-state index in [2.05, 4.69) is 43.1 Å². The molecule has 28 heavy (non-hydrogen) atoms. The molecule has 0 aromatic carbocycles. The Kier molecular flexibility index (Phi) is 5.22. The highest BCUT2D eigenvalue weighted by molar-refractivity contribution is 5.54. The monoisotopic (exact) mass is 371 g/mol. The third-order valence-corrected chi connectivity index (χ3v) is 5.04. The number of likely N-dealkylation sites (tertiary alicyclic amines) is 1. The largest absolute Gasteiger partial charge is 0.338 e. The summed E-state index contributed by atoms with van der Waals surface area (Å²) in [7, 11) is 0. The maximum Gasteiger partial charge on any atom is 0.148 e. The van der Waals surface area contributed by atoms with E-state index in [0.717, 1.165) is 37.3 Å². The van der Waals surface area contributed by atoms with Gasteiger partial charge in [-0.3, -0.25) is 14.9 Å². The van der Waals surface area contributed by atoms with Crippen molar-refractivity contribution in [2.75, 3.05) is 11.9 Å². The molecular formula is C21H21N7. The Morgan fingerprint density at radius 1 is 1.14 bits per heavy atom. The second-order valence-electron chi connectivity index (χ2n) is 6.93. The van der Waals surface area contributed by atoms with Gasteiger partial charge in [-0.25, -0.2) is 9.97 Å². The first kappa shape index (κ1) is 18.0. The van der Waals surface area contributed by atoms with Gasteiger partial charge < -0.3 is 5.32 Å². The Labute approximate surface area is 164 Å². The summed E-state index contributed by atoms with van der Waals surface area (Å²) in [4.78, 5) is 19.9. The van der Waals surface area contributed by atoms with Crippen molar-refractivity contribution in [3.63, 3.8) is 0 Å². The lowest BCUT2D eigenvalue weighted by atomic mass is 10.1. The average molecular weight is 371 g/mol. The molecule has 0 saturated carbocycles. The van der Waals surface area contributed by atoms with E-state index in [0.29, 0.717) is 11.5 Å². The lowest BCUT2D eigenvalue weighted by molar-refractivity contribution is 0.243. The van der Waals surface area contributed by atoms with Gasteiger partial charge in [0.05, 0.1) is 36.0 Å². The highest BCUT2D eigenvalue weighted by atomic mass is 15.2. The fourth-order valence-corrected chi connectivity index (χ4v) is 3.51. The minimum atomic E-state index is 0.283. The number of nitrogens with one attached hydrogen (secondary N) is 1. The third-order valence-electron chi connectivity index (χ3n) is 5.04. The lowest BCUT2D eigenvalue weighted by Gasteiger charge is -2.24. The summed E-state index contributed by atoms with van der Waals surface area (Å²) in [5.74, 6) is 0.657. The van der Waals surface area contributed by atoms with E-state index in [1.165, 1.54) is 11.1 Å². The molecule has 0 spiro atoms. The van der Waals surface area contributed by atoms with Crippen molar-refractivity contribution in [1.29, 1.82) is 5.26 Å². The van der Waals surface area contributed by atoms with Crippen LogP contribution in [-0.4, -0.2) is 31.4 Å². The Morgan fingerprint density at radius 2 is 2.07 bits per heavy atom. The summed E-state index contributed by atoms with van der Waals surface area (Å²) < 4.78 is 0. The van der Waals surface area contributed by atoms with E-state index in [1.807, 2.05) is 24.7 Å². The molecule has 0 bridgehead atoms. The molecule has 3 aromatic rings. The van der Waals surface area contributed by atoms with Crippen LogP contribution < -0.4 is 5.32 Å². The predicted molar refractivity (Wildman–Crippen MR) is 106 cm³/mol. The van der Waals surface area contributed by atoms with Gasteiger partial charge in [-0.1, -0.05) is 0 Å². The Morgan fingerprint density at radius 3 is 2.79 bits per heavy atom. The number of aryl methyl sites for hydroxylation is 1. The van der Waals surface area contributed by atoms with E-state index in [9.17, 15) is 0 Å². The molecule has 0 aliphatic carbocycles. The summed E-state index contributed by atoms with van der Waals surface area (Å²) in [6.07, 6.45) is 11.2. The summed E-state index contributed by atoms with van der Waals surface area (Å²) in [5, 5.41) is 12.0. The maximum absolute atomic E-state index is 8.82. The number of anilines is 2. The summed E-state index contributed by atoms with van der Waals surface area (Å²) in [5.41, 5.74) is 4.68. The molecule has 1 fully saturated rings. The van der Waals surface area contributed by atoms with Crippen LogP contribution in [0.25, 0.3) is 0 Å². The fourth-order valence-electron chi connectivity index (χ4n) is 3.51. The molecular weight excluding hydrogens is 350 g/mol. The van der Waals surface area contributed by atoms with Gasteiger partial charge in [0.2, 0.25) is 0 Å². The van der Waals surface area contributed by atoms with Crippen LogP contribution in [0.4, 0.5) is 11.5 Å². The first-order valence-electron chi connectivity index (χ1n) is 9.31. The molecule has 7 nitrogen and oxygen atoms in total. The van der Waals surface area contributed by atoms with Crippen molar-refractivity contribution in [1.82, 2.24) is 24.8 Å². The molecule has 4 rings (SSSR count). The van der Waals surface area contributed by atoms with Gasteiger partial charge in [0.25, 0.3) is 0 Å². The zero-order chi connectivity index (χ0) is 19.3. The van der Waals surface area contributed by atoms with E-state index < -0.39 is 0 Å². The van der Waals surface area contributed by atoms with Crippen molar-refractivity contribution in [2.45, 2.75) is 32.4 Å². The van der Waals surface area contributed by atoms with Crippen molar-refractivity contribution in [2.24, 2.45) is 0 Å². The van der Waals surface area contributed by atoms with Crippen LogP contribution in [0.3, 0.4) is 0 Å². The normalized spacial score (nSPS) is 16.6. The number of nitrogens with zero attached hydrogens (tertiary/aromatic N) is 6. The van der Waals surface area contributed by atoms with E-state index in [1.54, 1.807) is 24.5 Å². The molecule has 1 N–H and O–H groups in total.